The van der Waals surface area contributed by atoms with Crippen LogP contribution in [0.5, 0.6) is 0 Å². The second kappa shape index (κ2) is 7.56. The lowest BCUT2D eigenvalue weighted by atomic mass is 9.96. The van der Waals surface area contributed by atoms with E-state index in [1.165, 1.54) is 16.3 Å². The van der Waals surface area contributed by atoms with Crippen LogP contribution in [0.25, 0.3) is 10.8 Å². The highest BCUT2D eigenvalue weighted by Crippen LogP contribution is 2.26. The van der Waals surface area contributed by atoms with Crippen molar-refractivity contribution in [2.75, 3.05) is 0 Å². The van der Waals surface area contributed by atoms with Crippen LogP contribution < -0.4 is 16.4 Å². The quantitative estimate of drug-likeness (QED) is 0.611. The van der Waals surface area contributed by atoms with Crippen molar-refractivity contribution in [2.24, 2.45) is 5.73 Å². The van der Waals surface area contributed by atoms with E-state index >= 15 is 0 Å². The van der Waals surface area contributed by atoms with Crippen molar-refractivity contribution in [3.8, 4) is 0 Å². The fraction of sp³-hybridized carbons (Fsp3) is 0.130. The Morgan fingerprint density at radius 2 is 1.62 bits per heavy atom. The van der Waals surface area contributed by atoms with E-state index < -0.39 is 0 Å². The number of rotatable bonds is 5. The average molecular weight is 341 g/mol. The Morgan fingerprint density at radius 3 is 2.42 bits per heavy atom. The van der Waals surface area contributed by atoms with Gasteiger partial charge in [0.2, 0.25) is 0 Å². The second-order valence-corrected chi connectivity index (χ2v) is 6.54. The lowest BCUT2D eigenvalue weighted by Crippen LogP contribution is -2.43. The molecular formula is C23H23N3. The molecular weight excluding hydrogens is 318 g/mol. The highest BCUT2D eigenvalue weighted by Gasteiger charge is 2.24. The Labute approximate surface area is 154 Å². The van der Waals surface area contributed by atoms with Crippen molar-refractivity contribution < 1.29 is 0 Å². The molecule has 0 fully saturated rings. The van der Waals surface area contributed by atoms with E-state index in [0.717, 1.165) is 5.56 Å². The van der Waals surface area contributed by atoms with Crippen LogP contribution in [0, 0.1) is 0 Å². The molecule has 3 nitrogen and oxygen atoms in total. The average Bonchev–Trinajstić information content (AvgIpc) is 2.72. The SMILES string of the molecule is NC(NC(c1ccccc1)C1C=CC=CN1)c1cccc2ccccc12. The topological polar surface area (TPSA) is 50.1 Å². The molecule has 0 amide bonds. The summed E-state index contributed by atoms with van der Waals surface area (Å²) >= 11 is 0. The van der Waals surface area contributed by atoms with E-state index in [9.17, 15) is 0 Å². The normalized spacial score (nSPS) is 18.4. The molecule has 3 heteroatoms. The number of nitrogens with two attached hydrogens (primary N) is 1. The third-order valence-corrected chi connectivity index (χ3v) is 4.85. The zero-order valence-electron chi connectivity index (χ0n) is 14.5. The summed E-state index contributed by atoms with van der Waals surface area (Å²) in [5.74, 6) is 0. The maximum atomic E-state index is 6.63. The van der Waals surface area contributed by atoms with Gasteiger partial charge in [0.25, 0.3) is 0 Å². The number of nitrogens with one attached hydrogen (secondary N) is 2. The van der Waals surface area contributed by atoms with Crippen LogP contribution in [0.3, 0.4) is 0 Å². The molecule has 0 aromatic heterocycles. The summed E-state index contributed by atoms with van der Waals surface area (Å²) in [4.78, 5) is 0. The molecule has 0 radical (unpaired) electrons. The van der Waals surface area contributed by atoms with Crippen LogP contribution in [0.1, 0.15) is 23.3 Å². The van der Waals surface area contributed by atoms with Gasteiger partial charge in [0, 0.05) is 0 Å². The summed E-state index contributed by atoms with van der Waals surface area (Å²) in [7, 11) is 0. The van der Waals surface area contributed by atoms with Crippen molar-refractivity contribution in [3.05, 3.63) is 108 Å². The number of allylic oxidation sites excluding steroid dienone is 2. The Kier molecular flexibility index (Phi) is 4.82. The van der Waals surface area contributed by atoms with Crippen molar-refractivity contribution in [1.82, 2.24) is 10.6 Å². The van der Waals surface area contributed by atoms with Gasteiger partial charge in [-0.3, -0.25) is 5.32 Å². The van der Waals surface area contributed by atoms with E-state index in [-0.39, 0.29) is 18.2 Å². The lowest BCUT2D eigenvalue weighted by Gasteiger charge is -2.31. The van der Waals surface area contributed by atoms with Crippen molar-refractivity contribution in [1.29, 1.82) is 0 Å². The first-order valence-corrected chi connectivity index (χ1v) is 8.96. The number of fused-ring (bicyclic) bond motifs is 1. The van der Waals surface area contributed by atoms with E-state index in [1.807, 2.05) is 18.3 Å². The third kappa shape index (κ3) is 3.40. The largest absolute Gasteiger partial charge is 0.383 e. The maximum Gasteiger partial charge on any atom is 0.0821 e. The summed E-state index contributed by atoms with van der Waals surface area (Å²) in [6.45, 7) is 0. The van der Waals surface area contributed by atoms with Crippen LogP contribution in [-0.4, -0.2) is 6.04 Å². The van der Waals surface area contributed by atoms with Crippen LogP contribution >= 0.6 is 0 Å². The molecule has 1 heterocycles. The molecule has 0 saturated carbocycles. The van der Waals surface area contributed by atoms with Crippen LogP contribution in [0.15, 0.2) is 97.2 Å². The molecule has 3 unspecified atom stereocenters. The molecule has 4 N–H and O–H groups in total. The number of hydrogen-bond donors (Lipinski definition) is 3. The molecule has 0 spiro atoms. The zero-order valence-corrected chi connectivity index (χ0v) is 14.5. The molecule has 1 aliphatic heterocycles. The molecule has 0 aliphatic carbocycles. The first kappa shape index (κ1) is 16.6. The summed E-state index contributed by atoms with van der Waals surface area (Å²) in [6.07, 6.45) is 7.95. The molecule has 26 heavy (non-hydrogen) atoms. The predicted molar refractivity (Wildman–Crippen MR) is 108 cm³/mol. The third-order valence-electron chi connectivity index (χ3n) is 4.85. The van der Waals surface area contributed by atoms with Crippen LogP contribution in [0.2, 0.25) is 0 Å². The monoisotopic (exact) mass is 341 g/mol. The minimum Gasteiger partial charge on any atom is -0.383 e. The Morgan fingerprint density at radius 1 is 0.846 bits per heavy atom. The van der Waals surface area contributed by atoms with Gasteiger partial charge in [-0.2, -0.15) is 0 Å². The van der Waals surface area contributed by atoms with Gasteiger partial charge in [0.1, 0.15) is 0 Å². The molecule has 0 saturated heterocycles. The van der Waals surface area contributed by atoms with Crippen molar-refractivity contribution >= 4 is 10.8 Å². The predicted octanol–water partition coefficient (Wildman–Crippen LogP) is 4.17. The van der Waals surface area contributed by atoms with Gasteiger partial charge in [0.05, 0.1) is 18.2 Å². The molecule has 3 atom stereocenters. The molecule has 4 rings (SSSR count). The first-order chi connectivity index (χ1) is 12.8. The standard InChI is InChI=1S/C23H23N3/c24-23(20-14-8-12-17-9-4-5-13-19(17)20)26-22(18-10-2-1-3-11-18)21-15-6-7-16-25-21/h1-16,21-23,25-26H,24H2. The van der Waals surface area contributed by atoms with E-state index in [0.29, 0.717) is 0 Å². The maximum absolute atomic E-state index is 6.63. The fourth-order valence-electron chi connectivity index (χ4n) is 3.54. The molecule has 3 aromatic carbocycles. The molecule has 130 valence electrons. The van der Waals surface area contributed by atoms with Gasteiger partial charge in [-0.05, 0) is 34.2 Å². The molecule has 3 aromatic rings. The van der Waals surface area contributed by atoms with E-state index in [4.69, 9.17) is 5.73 Å². The highest BCUT2D eigenvalue weighted by atomic mass is 15.1. The van der Waals surface area contributed by atoms with Crippen molar-refractivity contribution in [3.63, 3.8) is 0 Å². The summed E-state index contributed by atoms with van der Waals surface area (Å²) in [5, 5.41) is 9.46. The second-order valence-electron chi connectivity index (χ2n) is 6.54. The van der Waals surface area contributed by atoms with Crippen LogP contribution in [0.4, 0.5) is 0 Å². The minimum atomic E-state index is -0.271. The van der Waals surface area contributed by atoms with Crippen LogP contribution in [-0.2, 0) is 0 Å². The van der Waals surface area contributed by atoms with Gasteiger partial charge < -0.3 is 11.1 Å². The van der Waals surface area contributed by atoms with Crippen molar-refractivity contribution in [2.45, 2.75) is 18.2 Å². The van der Waals surface area contributed by atoms with Gasteiger partial charge >= 0.3 is 0 Å². The summed E-state index contributed by atoms with van der Waals surface area (Å²) < 4.78 is 0. The number of benzene rings is 3. The molecule has 1 aliphatic rings. The highest BCUT2D eigenvalue weighted by molar-refractivity contribution is 5.86. The van der Waals surface area contributed by atoms with Gasteiger partial charge in [-0.25, -0.2) is 0 Å². The molecule has 0 bridgehead atoms. The number of dihydropyridines is 1. The Hall–Kier alpha value is -2.88. The lowest BCUT2D eigenvalue weighted by molar-refractivity contribution is 0.402. The minimum absolute atomic E-state index is 0.0615. The smallest absolute Gasteiger partial charge is 0.0821 e. The van der Waals surface area contributed by atoms with E-state index in [1.54, 1.807) is 0 Å². The summed E-state index contributed by atoms with van der Waals surface area (Å²) in [5.41, 5.74) is 8.94. The van der Waals surface area contributed by atoms with Gasteiger partial charge in [-0.15, -0.1) is 0 Å². The van der Waals surface area contributed by atoms with E-state index in [2.05, 4.69) is 89.5 Å². The Bertz CT molecular complexity index is 925. The number of hydrogen-bond acceptors (Lipinski definition) is 3. The zero-order chi connectivity index (χ0) is 17.8. The fourth-order valence-corrected chi connectivity index (χ4v) is 3.54. The van der Waals surface area contributed by atoms with Gasteiger partial charge in [-0.1, -0.05) is 84.9 Å². The Balaban J connectivity index is 1.66. The summed E-state index contributed by atoms with van der Waals surface area (Å²) in [6, 6.07) is 25.3. The first-order valence-electron chi connectivity index (χ1n) is 8.96. The van der Waals surface area contributed by atoms with Gasteiger partial charge in [0.15, 0.2) is 0 Å².